The number of nitrogens with one attached hydrogen (secondary N) is 1. The van der Waals surface area contributed by atoms with Gasteiger partial charge < -0.3 is 5.32 Å². The molecule has 0 bridgehead atoms. The lowest BCUT2D eigenvalue weighted by Crippen LogP contribution is -2.17. The second-order valence-corrected chi connectivity index (χ2v) is 5.64. The Balaban J connectivity index is 1.97. The Morgan fingerprint density at radius 2 is 1.38 bits per heavy atom. The Labute approximate surface area is 144 Å². The molecule has 0 unspecified atom stereocenters. The van der Waals surface area contributed by atoms with Crippen molar-refractivity contribution in [2.24, 2.45) is 0 Å². The van der Waals surface area contributed by atoms with Gasteiger partial charge in [0.25, 0.3) is 5.91 Å². The number of rotatable bonds is 4. The van der Waals surface area contributed by atoms with E-state index in [4.69, 9.17) is 11.6 Å². The molecule has 0 aromatic heterocycles. The van der Waals surface area contributed by atoms with E-state index in [0.29, 0.717) is 16.3 Å². The van der Waals surface area contributed by atoms with Crippen molar-refractivity contribution in [3.8, 4) is 0 Å². The number of ketones is 1. The fourth-order valence-electron chi connectivity index (χ4n) is 2.37. The fourth-order valence-corrected chi connectivity index (χ4v) is 2.54. The molecule has 1 N–H and O–H groups in total. The lowest BCUT2D eigenvalue weighted by Gasteiger charge is -2.10. The lowest BCUT2D eigenvalue weighted by atomic mass is 9.98. The van der Waals surface area contributed by atoms with Crippen LogP contribution in [0.5, 0.6) is 0 Å². The van der Waals surface area contributed by atoms with Gasteiger partial charge in [-0.25, -0.2) is 0 Å². The quantitative estimate of drug-likeness (QED) is 0.694. The van der Waals surface area contributed by atoms with E-state index in [2.05, 4.69) is 5.32 Å². The number of benzene rings is 3. The third-order valence-electron chi connectivity index (χ3n) is 3.54. The van der Waals surface area contributed by atoms with Crippen molar-refractivity contribution in [2.75, 3.05) is 5.32 Å². The summed E-state index contributed by atoms with van der Waals surface area (Å²) in [4.78, 5) is 25.3. The van der Waals surface area contributed by atoms with Gasteiger partial charge in [0.1, 0.15) is 0 Å². The Kier molecular flexibility index (Phi) is 4.73. The maximum absolute atomic E-state index is 12.7. The number of carbonyl (C=O) groups excluding carboxylic acids is 2. The lowest BCUT2D eigenvalue weighted by molar-refractivity contribution is 0.0996. The Morgan fingerprint density at radius 3 is 2.04 bits per heavy atom. The van der Waals surface area contributed by atoms with Crippen LogP contribution in [0.3, 0.4) is 0 Å². The van der Waals surface area contributed by atoms with E-state index in [-0.39, 0.29) is 22.8 Å². The predicted molar refractivity (Wildman–Crippen MR) is 95.7 cm³/mol. The maximum Gasteiger partial charge on any atom is 0.256 e. The van der Waals surface area contributed by atoms with Crippen LogP contribution >= 0.6 is 11.6 Å². The zero-order chi connectivity index (χ0) is 16.9. The SMILES string of the molecule is O=C(Nc1ccccc1)c1ccc(Cl)cc1C(=O)c1ccccc1. The Morgan fingerprint density at radius 1 is 0.750 bits per heavy atom. The number of para-hydroxylation sites is 1. The molecule has 3 rings (SSSR count). The monoisotopic (exact) mass is 335 g/mol. The van der Waals surface area contributed by atoms with Gasteiger partial charge in [0.05, 0.1) is 5.56 Å². The van der Waals surface area contributed by atoms with Gasteiger partial charge in [0.2, 0.25) is 0 Å². The molecular formula is C20H14ClNO2. The molecule has 0 spiro atoms. The molecule has 0 heterocycles. The summed E-state index contributed by atoms with van der Waals surface area (Å²) >= 11 is 6.03. The van der Waals surface area contributed by atoms with Gasteiger partial charge in [-0.05, 0) is 30.3 Å². The number of amides is 1. The first-order chi connectivity index (χ1) is 11.6. The largest absolute Gasteiger partial charge is 0.322 e. The number of halogens is 1. The predicted octanol–water partition coefficient (Wildman–Crippen LogP) is 4.82. The molecule has 3 nitrogen and oxygen atoms in total. The first-order valence-corrected chi connectivity index (χ1v) is 7.78. The van der Waals surface area contributed by atoms with Crippen LogP contribution in [0.1, 0.15) is 26.3 Å². The van der Waals surface area contributed by atoms with E-state index in [1.807, 2.05) is 24.3 Å². The van der Waals surface area contributed by atoms with Crippen LogP contribution in [0, 0.1) is 0 Å². The van der Waals surface area contributed by atoms with Crippen LogP contribution < -0.4 is 5.32 Å². The minimum absolute atomic E-state index is 0.240. The van der Waals surface area contributed by atoms with Crippen LogP contribution in [0.25, 0.3) is 0 Å². The summed E-state index contributed by atoms with van der Waals surface area (Å²) in [7, 11) is 0. The standard InChI is InChI=1S/C20H14ClNO2/c21-15-11-12-17(20(24)22-16-9-5-2-6-10-16)18(13-15)19(23)14-7-3-1-4-8-14/h1-13H,(H,22,24). The molecule has 0 radical (unpaired) electrons. The average Bonchev–Trinajstić information content (AvgIpc) is 2.62. The summed E-state index contributed by atoms with van der Waals surface area (Å²) in [6.07, 6.45) is 0. The molecule has 3 aromatic rings. The van der Waals surface area contributed by atoms with Crippen molar-refractivity contribution in [3.05, 3.63) is 101 Å². The van der Waals surface area contributed by atoms with Gasteiger partial charge >= 0.3 is 0 Å². The molecule has 4 heteroatoms. The zero-order valence-corrected chi connectivity index (χ0v) is 13.5. The molecule has 0 aliphatic rings. The topological polar surface area (TPSA) is 46.2 Å². The van der Waals surface area contributed by atoms with Crippen LogP contribution in [0.4, 0.5) is 5.69 Å². The van der Waals surface area contributed by atoms with Crippen LogP contribution in [-0.4, -0.2) is 11.7 Å². The van der Waals surface area contributed by atoms with Gasteiger partial charge in [0, 0.05) is 21.8 Å². The van der Waals surface area contributed by atoms with Gasteiger partial charge in [0.15, 0.2) is 5.78 Å². The zero-order valence-electron chi connectivity index (χ0n) is 12.7. The summed E-state index contributed by atoms with van der Waals surface area (Å²) < 4.78 is 0. The van der Waals surface area contributed by atoms with Crippen LogP contribution in [-0.2, 0) is 0 Å². The third kappa shape index (κ3) is 3.53. The molecule has 118 valence electrons. The highest BCUT2D eigenvalue weighted by molar-refractivity contribution is 6.31. The Hall–Kier alpha value is -2.91. The summed E-state index contributed by atoms with van der Waals surface area (Å²) in [5.74, 6) is -0.589. The summed E-state index contributed by atoms with van der Waals surface area (Å²) in [6.45, 7) is 0. The molecule has 0 saturated heterocycles. The molecular weight excluding hydrogens is 322 g/mol. The van der Waals surface area contributed by atoms with Gasteiger partial charge in [-0.3, -0.25) is 9.59 Å². The first-order valence-electron chi connectivity index (χ1n) is 7.41. The molecule has 0 saturated carbocycles. The van der Waals surface area contributed by atoms with E-state index >= 15 is 0 Å². The van der Waals surface area contributed by atoms with E-state index in [9.17, 15) is 9.59 Å². The van der Waals surface area contributed by atoms with Crippen molar-refractivity contribution in [3.63, 3.8) is 0 Å². The van der Waals surface area contributed by atoms with Crippen molar-refractivity contribution in [2.45, 2.75) is 0 Å². The van der Waals surface area contributed by atoms with Gasteiger partial charge in [-0.1, -0.05) is 60.1 Å². The number of hydrogen-bond acceptors (Lipinski definition) is 2. The Bertz CT molecular complexity index is 877. The molecule has 0 aliphatic heterocycles. The number of hydrogen-bond donors (Lipinski definition) is 1. The third-order valence-corrected chi connectivity index (χ3v) is 3.77. The smallest absolute Gasteiger partial charge is 0.256 e. The molecule has 1 amide bonds. The van der Waals surface area contributed by atoms with Crippen molar-refractivity contribution in [1.29, 1.82) is 0 Å². The second-order valence-electron chi connectivity index (χ2n) is 5.21. The van der Waals surface area contributed by atoms with Crippen molar-refractivity contribution in [1.82, 2.24) is 0 Å². The van der Waals surface area contributed by atoms with E-state index in [1.165, 1.54) is 6.07 Å². The molecule has 0 aliphatic carbocycles. The van der Waals surface area contributed by atoms with Gasteiger partial charge in [-0.15, -0.1) is 0 Å². The highest BCUT2D eigenvalue weighted by atomic mass is 35.5. The molecule has 0 atom stereocenters. The minimum Gasteiger partial charge on any atom is -0.322 e. The first kappa shape index (κ1) is 16.0. The van der Waals surface area contributed by atoms with E-state index < -0.39 is 0 Å². The maximum atomic E-state index is 12.7. The molecule has 3 aromatic carbocycles. The summed E-state index contributed by atoms with van der Waals surface area (Å²) in [6, 6.07) is 22.6. The van der Waals surface area contributed by atoms with Gasteiger partial charge in [-0.2, -0.15) is 0 Å². The highest BCUT2D eigenvalue weighted by Gasteiger charge is 2.19. The van der Waals surface area contributed by atoms with Crippen LogP contribution in [0.15, 0.2) is 78.9 Å². The van der Waals surface area contributed by atoms with Crippen molar-refractivity contribution < 1.29 is 9.59 Å². The second kappa shape index (κ2) is 7.11. The molecule has 0 fully saturated rings. The number of carbonyl (C=O) groups is 2. The van der Waals surface area contributed by atoms with E-state index in [1.54, 1.807) is 48.5 Å². The number of anilines is 1. The van der Waals surface area contributed by atoms with E-state index in [0.717, 1.165) is 0 Å². The highest BCUT2D eigenvalue weighted by Crippen LogP contribution is 2.21. The van der Waals surface area contributed by atoms with Crippen LogP contribution in [0.2, 0.25) is 5.02 Å². The fraction of sp³-hybridized carbons (Fsp3) is 0. The summed E-state index contributed by atoms with van der Waals surface area (Å²) in [5, 5.41) is 3.20. The average molecular weight is 336 g/mol. The normalized spacial score (nSPS) is 10.2. The molecule has 24 heavy (non-hydrogen) atoms. The summed E-state index contributed by atoms with van der Waals surface area (Å²) in [5.41, 5.74) is 1.74. The van der Waals surface area contributed by atoms with Crippen molar-refractivity contribution >= 4 is 29.0 Å². The minimum atomic E-state index is -0.350.